The highest BCUT2D eigenvalue weighted by molar-refractivity contribution is 5.95. The number of anilines is 1. The molecule has 6 nitrogen and oxygen atoms in total. The number of carbonyl (C=O) groups is 2. The van der Waals surface area contributed by atoms with Crippen LogP contribution in [0.25, 0.3) is 0 Å². The lowest BCUT2D eigenvalue weighted by Gasteiger charge is -2.24. The maximum Gasteiger partial charge on any atom is 0.307 e. The Morgan fingerprint density at radius 1 is 0.960 bits per heavy atom. The van der Waals surface area contributed by atoms with Gasteiger partial charge in [0.05, 0.1) is 11.8 Å². The predicted octanol–water partition coefficient (Wildman–Crippen LogP) is 3.48. The molecule has 1 amide bonds. The van der Waals surface area contributed by atoms with Crippen LogP contribution in [0.2, 0.25) is 0 Å². The summed E-state index contributed by atoms with van der Waals surface area (Å²) in [5, 5.41) is 12.1. The van der Waals surface area contributed by atoms with E-state index in [-0.39, 0.29) is 5.91 Å². The number of hydrogen-bond acceptors (Lipinski definition) is 4. The lowest BCUT2D eigenvalue weighted by Crippen LogP contribution is -2.34. The highest BCUT2D eigenvalue weighted by atomic mass is 16.5. The highest BCUT2D eigenvalue weighted by Crippen LogP contribution is 2.28. The van der Waals surface area contributed by atoms with E-state index in [0.717, 1.165) is 0 Å². The number of carbonyl (C=O) groups excluding carboxylic acids is 1. The van der Waals surface area contributed by atoms with Crippen molar-refractivity contribution in [2.75, 3.05) is 5.32 Å². The fourth-order valence-electron chi connectivity index (χ4n) is 2.76. The molecule has 0 unspecified atom stereocenters. The molecule has 128 valence electrons. The zero-order valence-electron chi connectivity index (χ0n) is 13.5. The lowest BCUT2D eigenvalue weighted by molar-refractivity contribution is -0.146. The molecule has 1 heterocycles. The van der Waals surface area contributed by atoms with Crippen LogP contribution in [-0.4, -0.2) is 22.0 Å². The average Bonchev–Trinajstić information content (AvgIpc) is 2.64. The van der Waals surface area contributed by atoms with Crippen LogP contribution in [0, 0.1) is 11.8 Å². The quantitative estimate of drug-likeness (QED) is 0.815. The highest BCUT2D eigenvalue weighted by Gasteiger charge is 2.33. The van der Waals surface area contributed by atoms with Gasteiger partial charge in [-0.25, -0.2) is 0 Å². The largest absolute Gasteiger partial charge is 0.481 e. The van der Waals surface area contributed by atoms with Gasteiger partial charge in [0.1, 0.15) is 11.5 Å². The number of aliphatic carboxylic acids is 1. The Morgan fingerprint density at radius 2 is 1.56 bits per heavy atom. The topological polar surface area (TPSA) is 88.5 Å². The van der Waals surface area contributed by atoms with Crippen LogP contribution in [0.4, 0.5) is 5.69 Å². The summed E-state index contributed by atoms with van der Waals surface area (Å²) in [5.74, 6) is -1.15. The molecule has 3 rings (SSSR count). The number of aromatic nitrogens is 1. The number of benzene rings is 1. The Kier molecular flexibility index (Phi) is 5.09. The van der Waals surface area contributed by atoms with Gasteiger partial charge in [-0.15, -0.1) is 0 Å². The fourth-order valence-corrected chi connectivity index (χ4v) is 2.76. The third-order valence-electron chi connectivity index (χ3n) is 4.09. The van der Waals surface area contributed by atoms with Gasteiger partial charge in [0.15, 0.2) is 0 Å². The van der Waals surface area contributed by atoms with Crippen LogP contribution in [-0.2, 0) is 9.59 Å². The summed E-state index contributed by atoms with van der Waals surface area (Å²) in [4.78, 5) is 27.6. The van der Waals surface area contributed by atoms with E-state index in [1.54, 1.807) is 48.8 Å². The number of allylic oxidation sites excluding steroid dienone is 2. The predicted molar refractivity (Wildman–Crippen MR) is 92.4 cm³/mol. The van der Waals surface area contributed by atoms with Crippen molar-refractivity contribution >= 4 is 17.6 Å². The Labute approximate surface area is 145 Å². The second kappa shape index (κ2) is 7.61. The minimum absolute atomic E-state index is 0.278. The third-order valence-corrected chi connectivity index (χ3v) is 4.09. The van der Waals surface area contributed by atoms with Gasteiger partial charge in [0.25, 0.3) is 0 Å². The van der Waals surface area contributed by atoms with Crippen molar-refractivity contribution in [3.05, 3.63) is 60.9 Å². The summed E-state index contributed by atoms with van der Waals surface area (Å²) in [7, 11) is 0. The van der Waals surface area contributed by atoms with Crippen molar-refractivity contribution in [3.8, 4) is 11.5 Å². The van der Waals surface area contributed by atoms with Gasteiger partial charge in [0.2, 0.25) is 5.91 Å². The molecule has 25 heavy (non-hydrogen) atoms. The van der Waals surface area contributed by atoms with Crippen LogP contribution >= 0.6 is 0 Å². The van der Waals surface area contributed by atoms with E-state index in [9.17, 15) is 14.7 Å². The smallest absolute Gasteiger partial charge is 0.307 e. The summed E-state index contributed by atoms with van der Waals surface area (Å²) in [6.45, 7) is 0. The molecule has 0 fully saturated rings. The van der Waals surface area contributed by atoms with E-state index in [0.29, 0.717) is 30.0 Å². The van der Waals surface area contributed by atoms with Crippen molar-refractivity contribution in [1.82, 2.24) is 4.98 Å². The van der Waals surface area contributed by atoms with E-state index in [4.69, 9.17) is 4.74 Å². The zero-order chi connectivity index (χ0) is 17.6. The molecule has 6 heteroatoms. The molecule has 1 aliphatic rings. The number of carboxylic acids is 1. The molecular formula is C19H18N2O4. The van der Waals surface area contributed by atoms with Crippen molar-refractivity contribution in [2.45, 2.75) is 12.8 Å². The van der Waals surface area contributed by atoms with Gasteiger partial charge in [-0.3, -0.25) is 14.6 Å². The minimum Gasteiger partial charge on any atom is -0.481 e. The second-order valence-corrected chi connectivity index (χ2v) is 5.79. The van der Waals surface area contributed by atoms with Crippen LogP contribution < -0.4 is 10.1 Å². The Hall–Kier alpha value is -3.15. The fraction of sp³-hybridized carbons (Fsp3) is 0.211. The van der Waals surface area contributed by atoms with Gasteiger partial charge in [-0.2, -0.15) is 0 Å². The number of ether oxygens (including phenoxy) is 1. The first-order chi connectivity index (χ1) is 12.1. The van der Waals surface area contributed by atoms with Crippen molar-refractivity contribution in [1.29, 1.82) is 0 Å². The summed E-state index contributed by atoms with van der Waals surface area (Å²) < 4.78 is 5.66. The van der Waals surface area contributed by atoms with E-state index in [1.807, 2.05) is 12.2 Å². The molecule has 1 aliphatic carbocycles. The van der Waals surface area contributed by atoms with Crippen LogP contribution in [0.15, 0.2) is 60.9 Å². The zero-order valence-corrected chi connectivity index (χ0v) is 13.5. The molecule has 0 spiro atoms. The molecule has 0 radical (unpaired) electrons. The monoisotopic (exact) mass is 338 g/mol. The summed E-state index contributed by atoms with van der Waals surface area (Å²) in [6.07, 6.45) is 7.77. The molecule has 1 aromatic carbocycles. The third kappa shape index (κ3) is 4.23. The van der Waals surface area contributed by atoms with Gasteiger partial charge < -0.3 is 15.2 Å². The molecule has 0 saturated heterocycles. The maximum atomic E-state index is 12.4. The first kappa shape index (κ1) is 16.7. The van der Waals surface area contributed by atoms with Crippen molar-refractivity contribution in [2.24, 2.45) is 11.8 Å². The van der Waals surface area contributed by atoms with Gasteiger partial charge in [-0.1, -0.05) is 12.2 Å². The summed E-state index contributed by atoms with van der Waals surface area (Å²) in [5.41, 5.74) is 0.603. The van der Waals surface area contributed by atoms with Crippen LogP contribution in [0.3, 0.4) is 0 Å². The van der Waals surface area contributed by atoms with Gasteiger partial charge >= 0.3 is 5.97 Å². The number of amides is 1. The average molecular weight is 338 g/mol. The molecule has 0 bridgehead atoms. The Balaban J connectivity index is 1.63. The lowest BCUT2D eigenvalue weighted by atomic mass is 9.82. The number of hydrogen-bond donors (Lipinski definition) is 2. The standard InChI is InChI=1S/C19H18N2O4/c22-18(16-3-1-2-4-17(16)19(23)24)21-13-5-7-14(8-6-13)25-15-9-11-20-12-10-15/h1-2,5-12,16-17H,3-4H2,(H,21,22)(H,23,24)/t16-,17-/m0/s1. The van der Waals surface area contributed by atoms with Gasteiger partial charge in [0, 0.05) is 18.1 Å². The first-order valence-corrected chi connectivity index (χ1v) is 8.00. The second-order valence-electron chi connectivity index (χ2n) is 5.79. The summed E-state index contributed by atoms with van der Waals surface area (Å²) >= 11 is 0. The number of rotatable bonds is 5. The van der Waals surface area contributed by atoms with Gasteiger partial charge in [-0.05, 0) is 49.2 Å². The van der Waals surface area contributed by atoms with Crippen molar-refractivity contribution < 1.29 is 19.4 Å². The molecule has 0 aliphatic heterocycles. The number of nitrogens with one attached hydrogen (secondary N) is 1. The minimum atomic E-state index is -0.939. The van der Waals surface area contributed by atoms with Crippen LogP contribution in [0.1, 0.15) is 12.8 Å². The SMILES string of the molecule is O=C(O)[C@H]1CC=CC[C@@H]1C(=O)Nc1ccc(Oc2ccncc2)cc1. The molecule has 2 aromatic rings. The molecule has 0 saturated carbocycles. The van der Waals surface area contributed by atoms with Crippen LogP contribution in [0.5, 0.6) is 11.5 Å². The first-order valence-electron chi connectivity index (χ1n) is 8.00. The maximum absolute atomic E-state index is 12.4. The Bertz CT molecular complexity index is 772. The normalized spacial score (nSPS) is 19.2. The number of pyridine rings is 1. The van der Waals surface area contributed by atoms with Crippen molar-refractivity contribution in [3.63, 3.8) is 0 Å². The van der Waals surface area contributed by atoms with E-state index in [2.05, 4.69) is 10.3 Å². The van der Waals surface area contributed by atoms with E-state index in [1.165, 1.54) is 0 Å². The summed E-state index contributed by atoms with van der Waals surface area (Å²) in [6, 6.07) is 10.4. The van der Waals surface area contributed by atoms with E-state index < -0.39 is 17.8 Å². The molecule has 2 N–H and O–H groups in total. The van der Waals surface area contributed by atoms with E-state index >= 15 is 0 Å². The Morgan fingerprint density at radius 3 is 2.20 bits per heavy atom. The number of carboxylic acid groups (broad SMARTS) is 1. The molecular weight excluding hydrogens is 320 g/mol. The molecule has 1 aromatic heterocycles. The molecule has 2 atom stereocenters. The number of nitrogens with zero attached hydrogens (tertiary/aromatic N) is 1.